The van der Waals surface area contributed by atoms with Gasteiger partial charge in [-0.2, -0.15) is 5.21 Å². The Hall–Kier alpha value is -4.14. The number of nitrogens with one attached hydrogen (secondary N) is 1. The van der Waals surface area contributed by atoms with Crippen molar-refractivity contribution in [2.45, 2.75) is 58.4 Å². The van der Waals surface area contributed by atoms with E-state index in [1.807, 2.05) is 61.5 Å². The molecule has 196 valence electrons. The lowest BCUT2D eigenvalue weighted by atomic mass is 9.73. The van der Waals surface area contributed by atoms with Gasteiger partial charge in [0.1, 0.15) is 0 Å². The zero-order valence-electron chi connectivity index (χ0n) is 21.6. The van der Waals surface area contributed by atoms with Gasteiger partial charge >= 0.3 is 5.97 Å². The quantitative estimate of drug-likeness (QED) is 0.314. The molecule has 9 nitrogen and oxygen atoms in total. The maximum atomic E-state index is 13.1. The van der Waals surface area contributed by atoms with E-state index in [2.05, 4.69) is 20.6 Å². The summed E-state index contributed by atoms with van der Waals surface area (Å²) in [7, 11) is 0. The lowest BCUT2D eigenvalue weighted by molar-refractivity contribution is -0.154. The van der Waals surface area contributed by atoms with Gasteiger partial charge in [0.2, 0.25) is 11.7 Å². The molecule has 1 saturated carbocycles. The number of H-pyrrole nitrogens is 1. The Morgan fingerprint density at radius 3 is 2.53 bits per heavy atom. The molecule has 0 radical (unpaired) electrons. The summed E-state index contributed by atoms with van der Waals surface area (Å²) in [6.45, 7) is 2.61. The fourth-order valence-electron chi connectivity index (χ4n) is 5.46. The van der Waals surface area contributed by atoms with Crippen LogP contribution < -0.4 is 0 Å². The monoisotopic (exact) mass is 512 g/mol. The van der Waals surface area contributed by atoms with E-state index >= 15 is 0 Å². The number of hydrogen-bond acceptors (Lipinski definition) is 6. The third-order valence-electron chi connectivity index (χ3n) is 7.49. The summed E-state index contributed by atoms with van der Waals surface area (Å²) in [6.07, 6.45) is 5.21. The molecule has 38 heavy (non-hydrogen) atoms. The van der Waals surface area contributed by atoms with Gasteiger partial charge in [-0.3, -0.25) is 9.59 Å². The van der Waals surface area contributed by atoms with Crippen molar-refractivity contribution in [3.05, 3.63) is 60.2 Å². The van der Waals surface area contributed by atoms with Crippen LogP contribution in [0.2, 0.25) is 0 Å². The molecule has 0 unspecified atom stereocenters. The minimum atomic E-state index is -0.860. The number of fused-ring (bicyclic) bond motifs is 1. The molecule has 0 aliphatic heterocycles. The van der Waals surface area contributed by atoms with E-state index in [1.54, 1.807) is 4.90 Å². The topological polar surface area (TPSA) is 125 Å². The molecule has 2 N–H and O–H groups in total. The first-order valence-corrected chi connectivity index (χ1v) is 13.2. The zero-order valence-corrected chi connectivity index (χ0v) is 21.6. The van der Waals surface area contributed by atoms with Crippen LogP contribution in [0.5, 0.6) is 0 Å². The maximum Gasteiger partial charge on any atom is 0.311 e. The minimum Gasteiger partial charge on any atom is -0.481 e. The van der Waals surface area contributed by atoms with Gasteiger partial charge in [-0.25, -0.2) is 4.98 Å². The van der Waals surface area contributed by atoms with Gasteiger partial charge in [0.15, 0.2) is 0 Å². The van der Waals surface area contributed by atoms with Crippen LogP contribution in [0.1, 0.15) is 57.4 Å². The van der Waals surface area contributed by atoms with Gasteiger partial charge < -0.3 is 10.0 Å². The number of carboxylic acids is 1. The van der Waals surface area contributed by atoms with Crippen LogP contribution in [0, 0.1) is 5.41 Å². The zero-order chi connectivity index (χ0) is 26.5. The van der Waals surface area contributed by atoms with E-state index in [0.717, 1.165) is 59.0 Å². The highest BCUT2D eigenvalue weighted by Gasteiger charge is 2.42. The maximum absolute atomic E-state index is 13.1. The SMILES string of the molecule is CCCC(=O)N(Cc1ccc2nc(-c3ccccc3-c3nn[nH]n3)ccc2c1)CC1(C(=O)O)CCCCC1. The molecule has 0 saturated heterocycles. The number of aromatic amines is 1. The Morgan fingerprint density at radius 2 is 1.82 bits per heavy atom. The van der Waals surface area contributed by atoms with Crippen molar-refractivity contribution in [3.63, 3.8) is 0 Å². The van der Waals surface area contributed by atoms with E-state index in [1.165, 1.54) is 0 Å². The summed E-state index contributed by atoms with van der Waals surface area (Å²) in [6, 6.07) is 17.8. The van der Waals surface area contributed by atoms with Gasteiger partial charge in [-0.1, -0.05) is 62.6 Å². The number of amides is 1. The van der Waals surface area contributed by atoms with Crippen molar-refractivity contribution in [1.29, 1.82) is 0 Å². The Kier molecular flexibility index (Phi) is 7.44. The van der Waals surface area contributed by atoms with E-state index < -0.39 is 11.4 Å². The van der Waals surface area contributed by atoms with E-state index in [4.69, 9.17) is 4.98 Å². The number of hydrogen-bond donors (Lipinski definition) is 2. The predicted octanol–water partition coefficient (Wildman–Crippen LogP) is 5.25. The van der Waals surface area contributed by atoms with Gasteiger partial charge in [0, 0.05) is 36.0 Å². The molecule has 0 atom stereocenters. The van der Waals surface area contributed by atoms with Crippen molar-refractivity contribution in [2.24, 2.45) is 5.41 Å². The van der Waals surface area contributed by atoms with E-state index in [0.29, 0.717) is 31.6 Å². The summed E-state index contributed by atoms with van der Waals surface area (Å²) in [5, 5.41) is 25.5. The molecular formula is C29H32N6O3. The van der Waals surface area contributed by atoms with Crippen LogP contribution in [0.3, 0.4) is 0 Å². The number of pyridine rings is 1. The molecule has 1 aliphatic rings. The number of nitrogens with zero attached hydrogens (tertiary/aromatic N) is 5. The Bertz CT molecular complexity index is 1430. The standard InChI is InChI=1S/C29H32N6O3/c1-2-8-26(36)35(19-29(28(37)38)15-6-3-7-16-29)18-20-11-13-24-21(17-20)12-14-25(30-24)22-9-4-5-10-23(22)27-31-33-34-32-27/h4-5,9-14,17H,2-3,6-8,15-16,18-19H2,1H3,(H,37,38)(H,31,32,33,34). The molecule has 0 spiro atoms. The number of benzene rings is 2. The van der Waals surface area contributed by atoms with Gasteiger partial charge in [-0.05, 0) is 48.2 Å². The van der Waals surface area contributed by atoms with Crippen LogP contribution in [-0.2, 0) is 16.1 Å². The summed E-state index contributed by atoms with van der Waals surface area (Å²) in [4.78, 5) is 32.0. The number of aliphatic carboxylic acids is 1. The first kappa shape index (κ1) is 25.5. The van der Waals surface area contributed by atoms with Crippen molar-refractivity contribution in [1.82, 2.24) is 30.5 Å². The summed E-state index contributed by atoms with van der Waals surface area (Å²) < 4.78 is 0. The summed E-state index contributed by atoms with van der Waals surface area (Å²) in [5.41, 5.74) is 3.47. The molecule has 1 aliphatic carbocycles. The molecule has 1 fully saturated rings. The fourth-order valence-corrected chi connectivity index (χ4v) is 5.46. The third kappa shape index (κ3) is 5.27. The highest BCUT2D eigenvalue weighted by Crippen LogP contribution is 2.38. The number of tetrazole rings is 1. The van der Waals surface area contributed by atoms with Crippen molar-refractivity contribution in [2.75, 3.05) is 6.54 Å². The second-order valence-electron chi connectivity index (χ2n) is 10.2. The van der Waals surface area contributed by atoms with Crippen molar-refractivity contribution >= 4 is 22.8 Å². The van der Waals surface area contributed by atoms with Crippen LogP contribution in [0.25, 0.3) is 33.5 Å². The molecular weight excluding hydrogens is 480 g/mol. The fraction of sp³-hybridized carbons (Fsp3) is 0.379. The van der Waals surface area contributed by atoms with Crippen LogP contribution in [0.4, 0.5) is 0 Å². The molecule has 1 amide bonds. The van der Waals surface area contributed by atoms with E-state index in [9.17, 15) is 14.7 Å². The lowest BCUT2D eigenvalue weighted by Crippen LogP contribution is -2.46. The smallest absolute Gasteiger partial charge is 0.311 e. The predicted molar refractivity (Wildman–Crippen MR) is 144 cm³/mol. The van der Waals surface area contributed by atoms with Gasteiger partial charge in [0.25, 0.3) is 0 Å². The second-order valence-corrected chi connectivity index (χ2v) is 10.2. The normalized spacial score (nSPS) is 14.9. The summed E-state index contributed by atoms with van der Waals surface area (Å²) >= 11 is 0. The minimum absolute atomic E-state index is 0.00495. The Balaban J connectivity index is 1.42. The molecule has 4 aromatic rings. The number of aromatic nitrogens is 5. The first-order valence-electron chi connectivity index (χ1n) is 13.2. The molecule has 5 rings (SSSR count). The van der Waals surface area contributed by atoms with Crippen LogP contribution in [0.15, 0.2) is 54.6 Å². The average Bonchev–Trinajstić information content (AvgIpc) is 3.48. The molecule has 0 bridgehead atoms. The number of rotatable bonds is 9. The molecule has 2 aromatic carbocycles. The molecule has 2 aromatic heterocycles. The largest absolute Gasteiger partial charge is 0.481 e. The van der Waals surface area contributed by atoms with Crippen LogP contribution >= 0.6 is 0 Å². The highest BCUT2D eigenvalue weighted by atomic mass is 16.4. The number of carbonyl (C=O) groups excluding carboxylic acids is 1. The molecule has 2 heterocycles. The van der Waals surface area contributed by atoms with Gasteiger partial charge in [0.05, 0.1) is 16.6 Å². The van der Waals surface area contributed by atoms with Gasteiger partial charge in [-0.15, -0.1) is 10.2 Å². The lowest BCUT2D eigenvalue weighted by Gasteiger charge is -2.38. The second kappa shape index (κ2) is 11.1. The number of carboxylic acid groups (broad SMARTS) is 1. The number of carbonyl (C=O) groups is 2. The average molecular weight is 513 g/mol. The third-order valence-corrected chi connectivity index (χ3v) is 7.49. The van der Waals surface area contributed by atoms with E-state index in [-0.39, 0.29) is 12.5 Å². The highest BCUT2D eigenvalue weighted by molar-refractivity contribution is 5.86. The Morgan fingerprint density at radius 1 is 1.03 bits per heavy atom. The first-order chi connectivity index (χ1) is 18.5. The van der Waals surface area contributed by atoms with Crippen molar-refractivity contribution < 1.29 is 14.7 Å². The Labute approximate surface area is 221 Å². The van der Waals surface area contributed by atoms with Crippen LogP contribution in [-0.4, -0.2) is 54.0 Å². The summed E-state index contributed by atoms with van der Waals surface area (Å²) in [5.74, 6) is -0.278. The van der Waals surface area contributed by atoms with Crippen molar-refractivity contribution in [3.8, 4) is 22.6 Å². The molecule has 9 heteroatoms.